The van der Waals surface area contributed by atoms with Gasteiger partial charge in [-0.3, -0.25) is 0 Å². The molecule has 3 nitrogen and oxygen atoms in total. The molecule has 0 amide bonds. The van der Waals surface area contributed by atoms with Gasteiger partial charge in [-0.15, -0.1) is 0 Å². The molecule has 1 rings (SSSR count). The van der Waals surface area contributed by atoms with Crippen LogP contribution in [0.3, 0.4) is 0 Å². The van der Waals surface area contributed by atoms with Crippen LogP contribution >= 0.6 is 0 Å². The Morgan fingerprint density at radius 1 is 1.43 bits per heavy atom. The zero-order valence-electron chi connectivity index (χ0n) is 9.28. The van der Waals surface area contributed by atoms with E-state index in [-0.39, 0.29) is 17.7 Å². The van der Waals surface area contributed by atoms with Crippen molar-refractivity contribution in [3.63, 3.8) is 0 Å². The monoisotopic (exact) mass is 197 g/mol. The van der Waals surface area contributed by atoms with E-state index in [1.165, 1.54) is 0 Å². The van der Waals surface area contributed by atoms with Crippen molar-refractivity contribution in [2.45, 2.75) is 45.4 Å². The van der Waals surface area contributed by atoms with Crippen molar-refractivity contribution < 1.29 is 9.15 Å². The molecule has 1 heterocycles. The zero-order valence-corrected chi connectivity index (χ0v) is 9.28. The highest BCUT2D eigenvalue weighted by Gasteiger charge is 2.25. The van der Waals surface area contributed by atoms with Gasteiger partial charge in [-0.2, -0.15) is 0 Å². The smallest absolute Gasteiger partial charge is 0.134 e. The first-order chi connectivity index (χ1) is 6.40. The highest BCUT2D eigenvalue weighted by atomic mass is 16.5. The summed E-state index contributed by atoms with van der Waals surface area (Å²) in [5, 5.41) is 0. The third-order valence-corrected chi connectivity index (χ3v) is 1.78. The summed E-state index contributed by atoms with van der Waals surface area (Å²) < 4.78 is 11.1. The maximum atomic E-state index is 5.85. The average molecular weight is 197 g/mol. The van der Waals surface area contributed by atoms with Crippen molar-refractivity contribution in [2.75, 3.05) is 0 Å². The van der Waals surface area contributed by atoms with E-state index in [0.29, 0.717) is 0 Å². The molecule has 2 N–H and O–H groups in total. The summed E-state index contributed by atoms with van der Waals surface area (Å²) in [6.45, 7) is 7.93. The van der Waals surface area contributed by atoms with Crippen LogP contribution in [0, 0.1) is 0 Å². The molecule has 0 aliphatic heterocycles. The molecule has 0 bridgehead atoms. The second kappa shape index (κ2) is 4.15. The normalized spacial score (nSPS) is 16.6. The van der Waals surface area contributed by atoms with Gasteiger partial charge in [0.25, 0.3) is 0 Å². The number of rotatable bonds is 3. The van der Waals surface area contributed by atoms with Gasteiger partial charge in [-0.25, -0.2) is 0 Å². The summed E-state index contributed by atoms with van der Waals surface area (Å²) in [7, 11) is 0. The van der Waals surface area contributed by atoms with Crippen LogP contribution in [0.5, 0.6) is 0 Å². The maximum absolute atomic E-state index is 5.85. The lowest BCUT2D eigenvalue weighted by Gasteiger charge is -2.28. The Morgan fingerprint density at radius 3 is 2.43 bits per heavy atom. The highest BCUT2D eigenvalue weighted by molar-refractivity contribution is 5.04. The van der Waals surface area contributed by atoms with E-state index in [9.17, 15) is 0 Å². The van der Waals surface area contributed by atoms with Crippen molar-refractivity contribution in [3.05, 3.63) is 24.2 Å². The van der Waals surface area contributed by atoms with Crippen LogP contribution in [0.1, 0.15) is 39.6 Å². The second-order valence-corrected chi connectivity index (χ2v) is 4.53. The average Bonchev–Trinajstić information content (AvgIpc) is 2.49. The van der Waals surface area contributed by atoms with Crippen LogP contribution in [0.2, 0.25) is 0 Å². The topological polar surface area (TPSA) is 48.4 Å². The predicted molar refractivity (Wildman–Crippen MR) is 55.9 cm³/mol. The van der Waals surface area contributed by atoms with Crippen molar-refractivity contribution in [2.24, 2.45) is 5.73 Å². The lowest BCUT2D eigenvalue weighted by molar-refractivity contribution is -0.0786. The molecule has 1 aromatic rings. The van der Waals surface area contributed by atoms with Crippen LogP contribution in [0.25, 0.3) is 0 Å². The third kappa shape index (κ3) is 3.16. The van der Waals surface area contributed by atoms with Gasteiger partial charge in [-0.05, 0) is 39.8 Å². The molecule has 14 heavy (non-hydrogen) atoms. The molecule has 80 valence electrons. The molecular weight excluding hydrogens is 178 g/mol. The Kier molecular flexibility index (Phi) is 3.34. The molecule has 0 aliphatic carbocycles. The van der Waals surface area contributed by atoms with E-state index >= 15 is 0 Å². The first-order valence-electron chi connectivity index (χ1n) is 4.87. The van der Waals surface area contributed by atoms with Gasteiger partial charge in [0, 0.05) is 6.04 Å². The first-order valence-corrected chi connectivity index (χ1v) is 4.87. The molecule has 0 aliphatic rings. The fourth-order valence-electron chi connectivity index (χ4n) is 1.26. The van der Waals surface area contributed by atoms with Crippen molar-refractivity contribution in [3.8, 4) is 0 Å². The number of hydrogen-bond donors (Lipinski definition) is 1. The molecule has 2 atom stereocenters. The van der Waals surface area contributed by atoms with E-state index < -0.39 is 0 Å². The van der Waals surface area contributed by atoms with Crippen LogP contribution < -0.4 is 5.73 Å². The number of hydrogen-bond acceptors (Lipinski definition) is 3. The van der Waals surface area contributed by atoms with Crippen LogP contribution in [-0.4, -0.2) is 11.6 Å². The predicted octanol–water partition coefficient (Wildman–Crippen LogP) is 2.48. The Labute approximate surface area is 85.2 Å². The van der Waals surface area contributed by atoms with E-state index in [1.54, 1.807) is 6.26 Å². The lowest BCUT2D eigenvalue weighted by atomic mass is 10.1. The maximum Gasteiger partial charge on any atom is 0.134 e. The summed E-state index contributed by atoms with van der Waals surface area (Å²) in [6, 6.07) is 3.65. The van der Waals surface area contributed by atoms with Crippen LogP contribution in [-0.2, 0) is 4.74 Å². The molecule has 0 radical (unpaired) electrons. The van der Waals surface area contributed by atoms with Gasteiger partial charge < -0.3 is 14.9 Å². The van der Waals surface area contributed by atoms with Gasteiger partial charge >= 0.3 is 0 Å². The third-order valence-electron chi connectivity index (χ3n) is 1.78. The van der Waals surface area contributed by atoms with E-state index in [0.717, 1.165) is 5.76 Å². The van der Waals surface area contributed by atoms with Gasteiger partial charge in [0.15, 0.2) is 0 Å². The number of furan rings is 1. The summed E-state index contributed by atoms with van der Waals surface area (Å²) in [6.07, 6.45) is 1.46. The largest absolute Gasteiger partial charge is 0.467 e. The Morgan fingerprint density at radius 2 is 2.07 bits per heavy atom. The fourth-order valence-corrected chi connectivity index (χ4v) is 1.26. The summed E-state index contributed by atoms with van der Waals surface area (Å²) in [4.78, 5) is 0. The fraction of sp³-hybridized carbons (Fsp3) is 0.636. The zero-order chi connectivity index (χ0) is 10.8. The minimum atomic E-state index is -0.217. The molecule has 2 unspecified atom stereocenters. The van der Waals surface area contributed by atoms with Crippen LogP contribution in [0.15, 0.2) is 22.8 Å². The number of nitrogens with two attached hydrogens (primary N) is 1. The Bertz CT molecular complexity index is 259. The van der Waals surface area contributed by atoms with Crippen LogP contribution in [0.4, 0.5) is 0 Å². The molecule has 0 spiro atoms. The molecule has 0 saturated carbocycles. The van der Waals surface area contributed by atoms with Gasteiger partial charge in [-0.1, -0.05) is 0 Å². The molecule has 0 aromatic carbocycles. The van der Waals surface area contributed by atoms with Gasteiger partial charge in [0.05, 0.1) is 11.9 Å². The standard InChI is InChI=1S/C11H19NO2/c1-8(12)10(14-11(2,3)4)9-6-5-7-13-9/h5-8,10H,12H2,1-4H3. The minimum Gasteiger partial charge on any atom is -0.467 e. The second-order valence-electron chi connectivity index (χ2n) is 4.53. The van der Waals surface area contributed by atoms with Crippen molar-refractivity contribution >= 4 is 0 Å². The lowest BCUT2D eigenvalue weighted by Crippen LogP contribution is -2.33. The van der Waals surface area contributed by atoms with E-state index in [2.05, 4.69) is 0 Å². The summed E-state index contributed by atoms with van der Waals surface area (Å²) >= 11 is 0. The SMILES string of the molecule is CC(N)C(OC(C)(C)C)c1ccco1. The van der Waals surface area contributed by atoms with Gasteiger partial charge in [0.1, 0.15) is 11.9 Å². The summed E-state index contributed by atoms with van der Waals surface area (Å²) in [5.41, 5.74) is 5.63. The highest BCUT2D eigenvalue weighted by Crippen LogP contribution is 2.26. The molecular formula is C11H19NO2. The Hall–Kier alpha value is -0.800. The summed E-state index contributed by atoms with van der Waals surface area (Å²) in [5.74, 6) is 0.787. The van der Waals surface area contributed by atoms with E-state index in [4.69, 9.17) is 14.9 Å². The minimum absolute atomic E-state index is 0.0830. The molecule has 3 heteroatoms. The Balaban J connectivity index is 2.76. The number of ether oxygens (including phenoxy) is 1. The van der Waals surface area contributed by atoms with Crippen molar-refractivity contribution in [1.82, 2.24) is 0 Å². The quantitative estimate of drug-likeness (QED) is 0.809. The van der Waals surface area contributed by atoms with Gasteiger partial charge in [0.2, 0.25) is 0 Å². The first kappa shape index (κ1) is 11.3. The molecule has 0 fully saturated rings. The molecule has 1 aromatic heterocycles. The van der Waals surface area contributed by atoms with Crippen molar-refractivity contribution in [1.29, 1.82) is 0 Å². The molecule has 0 saturated heterocycles. The van der Waals surface area contributed by atoms with E-state index in [1.807, 2.05) is 39.8 Å².